The van der Waals surface area contributed by atoms with Crippen LogP contribution in [-0.2, 0) is 0 Å². The summed E-state index contributed by atoms with van der Waals surface area (Å²) < 4.78 is 0. The van der Waals surface area contributed by atoms with Gasteiger partial charge < -0.3 is 10.2 Å². The minimum Gasteiger partial charge on any atom is -0.352 e. The third-order valence-electron chi connectivity index (χ3n) is 4.82. The highest BCUT2D eigenvalue weighted by Gasteiger charge is 2.14. The lowest BCUT2D eigenvalue weighted by Crippen LogP contribution is -2.24. The Labute approximate surface area is 155 Å². The number of nitrogens with one attached hydrogen (secondary N) is 1. The van der Waals surface area contributed by atoms with Crippen molar-refractivity contribution in [2.75, 3.05) is 24.5 Å². The van der Waals surface area contributed by atoms with Crippen molar-refractivity contribution in [3.05, 3.63) is 42.2 Å². The van der Waals surface area contributed by atoms with Gasteiger partial charge in [0.25, 0.3) is 5.91 Å². The first-order chi connectivity index (χ1) is 12.8. The fourth-order valence-electron chi connectivity index (χ4n) is 3.22. The molecular weight excluding hydrogens is 324 g/mol. The Morgan fingerprint density at radius 1 is 1.00 bits per heavy atom. The van der Waals surface area contributed by atoms with Crippen LogP contribution in [0.1, 0.15) is 55.8 Å². The number of benzene rings is 1. The fourth-order valence-corrected chi connectivity index (χ4v) is 3.22. The highest BCUT2D eigenvalue weighted by molar-refractivity contribution is 5.94. The Morgan fingerprint density at radius 2 is 1.69 bits per heavy atom. The minimum atomic E-state index is -0.00585. The van der Waals surface area contributed by atoms with Crippen molar-refractivity contribution in [1.82, 2.24) is 15.3 Å². The Morgan fingerprint density at radius 3 is 2.35 bits per heavy atom. The van der Waals surface area contributed by atoms with E-state index in [-0.39, 0.29) is 5.91 Å². The maximum Gasteiger partial charge on any atom is 0.251 e. The Kier molecular flexibility index (Phi) is 6.58. The van der Waals surface area contributed by atoms with Crippen molar-refractivity contribution in [3.8, 4) is 11.1 Å². The third-order valence-corrected chi connectivity index (χ3v) is 4.82. The average molecular weight is 352 g/mol. The van der Waals surface area contributed by atoms with E-state index in [1.165, 1.54) is 32.1 Å². The van der Waals surface area contributed by atoms with Gasteiger partial charge >= 0.3 is 0 Å². The molecule has 0 bridgehead atoms. The van der Waals surface area contributed by atoms with E-state index in [4.69, 9.17) is 0 Å². The van der Waals surface area contributed by atoms with Crippen molar-refractivity contribution in [1.29, 1.82) is 0 Å². The average Bonchev–Trinajstić information content (AvgIpc) is 3.23. The molecule has 3 rings (SSSR count). The Balaban J connectivity index is 1.56. The molecule has 1 aromatic heterocycles. The number of hydrogen-bond acceptors (Lipinski definition) is 4. The van der Waals surface area contributed by atoms with Gasteiger partial charge in [-0.3, -0.25) is 4.79 Å². The molecule has 1 N–H and O–H groups in total. The van der Waals surface area contributed by atoms with Crippen LogP contribution in [0.2, 0.25) is 0 Å². The van der Waals surface area contributed by atoms with Crippen LogP contribution < -0.4 is 10.2 Å². The number of nitrogens with zero attached hydrogens (tertiary/aromatic N) is 3. The zero-order valence-electron chi connectivity index (χ0n) is 15.6. The van der Waals surface area contributed by atoms with E-state index in [1.54, 1.807) is 0 Å². The summed E-state index contributed by atoms with van der Waals surface area (Å²) in [5.41, 5.74) is 2.69. The van der Waals surface area contributed by atoms with Crippen LogP contribution in [0.15, 0.2) is 36.7 Å². The molecule has 5 heteroatoms. The molecule has 0 atom stereocenters. The summed E-state index contributed by atoms with van der Waals surface area (Å²) in [6.07, 6.45) is 10.8. The molecule has 138 valence electrons. The van der Waals surface area contributed by atoms with E-state index in [1.807, 2.05) is 36.7 Å². The largest absolute Gasteiger partial charge is 0.352 e. The van der Waals surface area contributed by atoms with Gasteiger partial charge in [0.15, 0.2) is 0 Å². The number of anilines is 1. The lowest BCUT2D eigenvalue weighted by Gasteiger charge is -2.14. The predicted molar refractivity (Wildman–Crippen MR) is 105 cm³/mol. The molecule has 1 aliphatic rings. The van der Waals surface area contributed by atoms with Crippen LogP contribution >= 0.6 is 0 Å². The summed E-state index contributed by atoms with van der Waals surface area (Å²) in [5, 5.41) is 2.99. The first kappa shape index (κ1) is 18.4. The first-order valence-corrected chi connectivity index (χ1v) is 9.73. The first-order valence-electron chi connectivity index (χ1n) is 9.73. The number of carbonyl (C=O) groups is 1. The summed E-state index contributed by atoms with van der Waals surface area (Å²) >= 11 is 0. The van der Waals surface area contributed by atoms with Crippen molar-refractivity contribution < 1.29 is 4.79 Å². The molecule has 1 fully saturated rings. The van der Waals surface area contributed by atoms with Gasteiger partial charge in [-0.25, -0.2) is 9.97 Å². The lowest BCUT2D eigenvalue weighted by molar-refractivity contribution is 0.0953. The number of rotatable bonds is 8. The number of aromatic nitrogens is 2. The third kappa shape index (κ3) is 4.81. The van der Waals surface area contributed by atoms with Gasteiger partial charge in [-0.1, -0.05) is 38.3 Å². The normalized spacial score (nSPS) is 13.8. The summed E-state index contributed by atoms with van der Waals surface area (Å²) in [7, 11) is 0. The fraction of sp³-hybridized carbons (Fsp3) is 0.476. The van der Waals surface area contributed by atoms with Crippen molar-refractivity contribution >= 4 is 11.9 Å². The molecule has 5 nitrogen and oxygen atoms in total. The number of carbonyl (C=O) groups excluding carboxylic acids is 1. The van der Waals surface area contributed by atoms with Crippen LogP contribution in [-0.4, -0.2) is 35.5 Å². The summed E-state index contributed by atoms with van der Waals surface area (Å²) in [4.78, 5) is 23.4. The van der Waals surface area contributed by atoms with Gasteiger partial charge in [-0.15, -0.1) is 0 Å². The maximum absolute atomic E-state index is 12.2. The van der Waals surface area contributed by atoms with E-state index >= 15 is 0 Å². The van der Waals surface area contributed by atoms with E-state index < -0.39 is 0 Å². The summed E-state index contributed by atoms with van der Waals surface area (Å²) in [6.45, 7) is 5.01. The van der Waals surface area contributed by atoms with Crippen molar-refractivity contribution in [3.63, 3.8) is 0 Å². The molecule has 0 radical (unpaired) electrons. The highest BCUT2D eigenvalue weighted by Crippen LogP contribution is 2.21. The second-order valence-corrected chi connectivity index (χ2v) is 6.86. The zero-order chi connectivity index (χ0) is 18.2. The molecule has 1 saturated heterocycles. The number of unbranched alkanes of at least 4 members (excludes halogenated alkanes) is 3. The van der Waals surface area contributed by atoms with Crippen LogP contribution in [0.4, 0.5) is 5.95 Å². The van der Waals surface area contributed by atoms with E-state index in [0.29, 0.717) is 5.56 Å². The molecule has 0 saturated carbocycles. The summed E-state index contributed by atoms with van der Waals surface area (Å²) in [6, 6.07) is 7.65. The lowest BCUT2D eigenvalue weighted by atomic mass is 10.1. The van der Waals surface area contributed by atoms with Gasteiger partial charge in [0.2, 0.25) is 5.95 Å². The van der Waals surface area contributed by atoms with Crippen LogP contribution in [0, 0.1) is 0 Å². The quantitative estimate of drug-likeness (QED) is 0.728. The molecule has 2 heterocycles. The van der Waals surface area contributed by atoms with Crippen molar-refractivity contribution in [2.24, 2.45) is 0 Å². The molecule has 0 aliphatic carbocycles. The van der Waals surface area contributed by atoms with E-state index in [2.05, 4.69) is 27.1 Å². The SMILES string of the molecule is CCCCCCNC(=O)c1ccc(-c2cnc(N3CCCC3)nc2)cc1. The van der Waals surface area contributed by atoms with Gasteiger partial charge in [-0.2, -0.15) is 0 Å². The zero-order valence-corrected chi connectivity index (χ0v) is 15.6. The second-order valence-electron chi connectivity index (χ2n) is 6.86. The molecule has 1 aliphatic heterocycles. The predicted octanol–water partition coefficient (Wildman–Crippen LogP) is 4.05. The molecule has 1 aromatic carbocycles. The Hall–Kier alpha value is -2.43. The molecule has 26 heavy (non-hydrogen) atoms. The summed E-state index contributed by atoms with van der Waals surface area (Å²) in [5.74, 6) is 0.805. The highest BCUT2D eigenvalue weighted by atomic mass is 16.1. The Bertz CT molecular complexity index is 691. The van der Waals surface area contributed by atoms with E-state index in [0.717, 1.165) is 43.1 Å². The van der Waals surface area contributed by atoms with Gasteiger partial charge in [0.05, 0.1) is 0 Å². The number of amides is 1. The topological polar surface area (TPSA) is 58.1 Å². The molecule has 0 spiro atoms. The molecular formula is C21H28N4O. The van der Waals surface area contributed by atoms with E-state index in [9.17, 15) is 4.79 Å². The smallest absolute Gasteiger partial charge is 0.251 e. The van der Waals surface area contributed by atoms with Crippen LogP contribution in [0.5, 0.6) is 0 Å². The second kappa shape index (κ2) is 9.32. The van der Waals surface area contributed by atoms with Gasteiger partial charge in [-0.05, 0) is 37.0 Å². The van der Waals surface area contributed by atoms with Crippen molar-refractivity contribution in [2.45, 2.75) is 45.4 Å². The van der Waals surface area contributed by atoms with Crippen LogP contribution in [0.25, 0.3) is 11.1 Å². The molecule has 2 aromatic rings. The van der Waals surface area contributed by atoms with Gasteiger partial charge in [0, 0.05) is 43.2 Å². The standard InChI is InChI=1S/C21H28N4O/c1-2-3-4-5-12-22-20(26)18-10-8-17(9-11-18)19-15-23-21(24-16-19)25-13-6-7-14-25/h8-11,15-16H,2-7,12-14H2,1H3,(H,22,26). The monoisotopic (exact) mass is 352 g/mol. The van der Waals surface area contributed by atoms with Gasteiger partial charge in [0.1, 0.15) is 0 Å². The van der Waals surface area contributed by atoms with Crippen LogP contribution in [0.3, 0.4) is 0 Å². The maximum atomic E-state index is 12.2. The minimum absolute atomic E-state index is 0.00585. The molecule has 0 unspecified atom stereocenters. The molecule has 1 amide bonds. The number of hydrogen-bond donors (Lipinski definition) is 1.